The molecule has 1 rings (SSSR count). The fraction of sp³-hybridized carbons (Fsp3) is 0.636. The lowest BCUT2D eigenvalue weighted by Crippen LogP contribution is -2.25. The van der Waals surface area contributed by atoms with Crippen molar-refractivity contribution in [2.24, 2.45) is 22.1 Å². The van der Waals surface area contributed by atoms with Crippen LogP contribution in [0.3, 0.4) is 0 Å². The van der Waals surface area contributed by atoms with Crippen molar-refractivity contribution in [1.82, 2.24) is 0 Å². The molecule has 1 N–H and O–H groups in total. The van der Waals surface area contributed by atoms with Gasteiger partial charge in [-0.15, -0.1) is 0 Å². The van der Waals surface area contributed by atoms with E-state index >= 15 is 0 Å². The van der Waals surface area contributed by atoms with Gasteiger partial charge in [-0.25, -0.2) is 0 Å². The van der Waals surface area contributed by atoms with Crippen LogP contribution in [0.2, 0.25) is 15.1 Å². The molecule has 1 aromatic carbocycles. The van der Waals surface area contributed by atoms with Crippen molar-refractivity contribution in [3.05, 3.63) is 27.2 Å². The molecule has 4 atom stereocenters. The summed E-state index contributed by atoms with van der Waals surface area (Å²) in [6.45, 7) is 7.66. The Balaban J connectivity index is 0.000000833. The van der Waals surface area contributed by atoms with E-state index in [0.717, 1.165) is 12.8 Å². The first-order valence-corrected chi connectivity index (χ1v) is 13.3. The number of aliphatic hydroxyl groups is 1. The molecule has 0 aromatic heterocycles. The maximum absolute atomic E-state index is 12.5. The van der Waals surface area contributed by atoms with Gasteiger partial charge >= 0.3 is 0 Å². The highest BCUT2D eigenvalue weighted by molar-refractivity contribution is 7.87. The van der Waals surface area contributed by atoms with Crippen molar-refractivity contribution in [3.63, 3.8) is 0 Å². The van der Waals surface area contributed by atoms with Gasteiger partial charge in [-0.05, 0) is 49.7 Å². The van der Waals surface area contributed by atoms with Gasteiger partial charge in [-0.2, -0.15) is 8.42 Å². The van der Waals surface area contributed by atoms with Gasteiger partial charge in [0.1, 0.15) is 19.1 Å². The van der Waals surface area contributed by atoms with Crippen LogP contribution in [0.5, 0.6) is 0 Å². The van der Waals surface area contributed by atoms with E-state index in [1.807, 2.05) is 27.7 Å². The molecule has 0 spiro atoms. The zero-order valence-corrected chi connectivity index (χ0v) is 23.5. The Kier molecular flexibility index (Phi) is 16.8. The van der Waals surface area contributed by atoms with Gasteiger partial charge < -0.3 is 14.8 Å². The first-order chi connectivity index (χ1) is 15.9. The van der Waals surface area contributed by atoms with Crippen molar-refractivity contribution in [2.75, 3.05) is 14.2 Å². The Morgan fingerprint density at radius 2 is 1.41 bits per heavy atom. The largest absolute Gasteiger partial charge is 0.399 e. The molecule has 1 aromatic rings. The summed E-state index contributed by atoms with van der Waals surface area (Å²) in [7, 11) is -1.12. The first-order valence-electron chi connectivity index (χ1n) is 10.8. The number of aliphatic hydroxyl groups excluding tert-OH is 1. The molecule has 0 amide bonds. The Labute approximate surface area is 218 Å². The summed E-state index contributed by atoms with van der Waals surface area (Å²) < 4.78 is 30.2. The topological polar surface area (TPSA) is 107 Å². The molecule has 0 saturated carbocycles. The highest BCUT2D eigenvalue weighted by Gasteiger charge is 2.27. The number of nitrogens with zero attached hydrogens (tertiary/aromatic N) is 2. The van der Waals surface area contributed by atoms with Crippen LogP contribution in [-0.2, 0) is 24.0 Å². The van der Waals surface area contributed by atoms with Gasteiger partial charge in [-0.1, -0.05) is 72.8 Å². The average molecular weight is 562 g/mol. The van der Waals surface area contributed by atoms with E-state index in [0.29, 0.717) is 12.8 Å². The molecule has 8 nitrogen and oxygen atoms in total. The summed E-state index contributed by atoms with van der Waals surface area (Å²) in [5.74, 6) is 0.175. The second-order valence-corrected chi connectivity index (χ2v) is 10.3. The van der Waals surface area contributed by atoms with Crippen molar-refractivity contribution < 1.29 is 27.4 Å². The second kappa shape index (κ2) is 17.3. The van der Waals surface area contributed by atoms with E-state index in [1.54, 1.807) is 12.4 Å². The van der Waals surface area contributed by atoms with Crippen LogP contribution in [-0.4, -0.2) is 52.4 Å². The predicted octanol–water partition coefficient (Wildman–Crippen LogP) is 6.20. The summed E-state index contributed by atoms with van der Waals surface area (Å²) in [6.07, 6.45) is 5.06. The molecule has 0 aliphatic heterocycles. The van der Waals surface area contributed by atoms with E-state index in [4.69, 9.17) is 39.0 Å². The van der Waals surface area contributed by atoms with E-state index in [2.05, 4.69) is 20.0 Å². The number of benzene rings is 1. The van der Waals surface area contributed by atoms with Gasteiger partial charge in [0.15, 0.2) is 0 Å². The zero-order valence-electron chi connectivity index (χ0n) is 20.4. The number of rotatable bonds is 13. The Bertz CT molecular complexity index is 884. The zero-order chi connectivity index (χ0) is 26.3. The minimum atomic E-state index is -4.07. The van der Waals surface area contributed by atoms with E-state index in [-0.39, 0.29) is 37.9 Å². The number of hydrogen-bond acceptors (Lipinski definition) is 8. The molecular weight excluding hydrogens is 527 g/mol. The summed E-state index contributed by atoms with van der Waals surface area (Å²) in [5, 5.41) is 16.8. The Morgan fingerprint density at radius 1 is 0.912 bits per heavy atom. The Hall–Kier alpha value is -1.10. The molecule has 0 aliphatic carbocycles. The summed E-state index contributed by atoms with van der Waals surface area (Å²) in [4.78, 5) is 8.87. The van der Waals surface area contributed by atoms with Crippen LogP contribution in [0.4, 0.5) is 0 Å². The first kappa shape index (κ1) is 32.9. The van der Waals surface area contributed by atoms with E-state index in [9.17, 15) is 13.5 Å². The molecule has 34 heavy (non-hydrogen) atoms. The predicted molar refractivity (Wildman–Crippen MR) is 139 cm³/mol. The van der Waals surface area contributed by atoms with Crippen molar-refractivity contribution in [3.8, 4) is 0 Å². The molecule has 0 radical (unpaired) electrons. The summed E-state index contributed by atoms with van der Waals surface area (Å²) in [5.41, 5.74) is 0. The summed E-state index contributed by atoms with van der Waals surface area (Å²) >= 11 is 17.6. The molecule has 196 valence electrons. The lowest BCUT2D eigenvalue weighted by atomic mass is 10.00. The fourth-order valence-electron chi connectivity index (χ4n) is 2.75. The van der Waals surface area contributed by atoms with Crippen molar-refractivity contribution in [2.45, 2.75) is 70.5 Å². The molecule has 0 heterocycles. The monoisotopic (exact) mass is 560 g/mol. The molecule has 0 fully saturated rings. The molecule has 0 unspecified atom stereocenters. The van der Waals surface area contributed by atoms with Crippen LogP contribution in [0, 0.1) is 11.8 Å². The maximum atomic E-state index is 12.5. The van der Waals surface area contributed by atoms with Crippen LogP contribution in [0.1, 0.15) is 53.4 Å². The SMILES string of the molecule is CC[C@@H](O)[C@@H](C)CC=NOC.CC[C@@H](OS(=O)(=O)c1cc(Cl)c(Cl)cc1Cl)[C@@H](C)CC=NOC. The van der Waals surface area contributed by atoms with Crippen LogP contribution < -0.4 is 0 Å². The quantitative estimate of drug-likeness (QED) is 0.133. The third-order valence-corrected chi connectivity index (χ3v) is 7.44. The standard InChI is InChI=1S/C14H18Cl3NO4S.C8H17NO2/c1-4-13(9(2)5-6-18-21-3)22-23(19,20)14-8-11(16)10(15)7-12(14)17;1-4-8(10)7(2)5-6-9-11-3/h6-9,13H,4-5H2,1-3H3;6-8,10H,4-5H2,1-3H3/t9-,13+;7-,8+/m00/s1. The number of oxime groups is 2. The average Bonchev–Trinajstić information content (AvgIpc) is 2.79. The molecule has 12 heteroatoms. The molecule has 0 aliphatic rings. The van der Waals surface area contributed by atoms with Gasteiger partial charge in [0.05, 0.1) is 27.3 Å². The Morgan fingerprint density at radius 3 is 1.88 bits per heavy atom. The highest BCUT2D eigenvalue weighted by Crippen LogP contribution is 2.33. The van der Waals surface area contributed by atoms with Gasteiger partial charge in [0.2, 0.25) is 0 Å². The van der Waals surface area contributed by atoms with Crippen LogP contribution in [0.25, 0.3) is 0 Å². The van der Waals surface area contributed by atoms with E-state index < -0.39 is 16.2 Å². The fourth-order valence-corrected chi connectivity index (χ4v) is 4.96. The highest BCUT2D eigenvalue weighted by atomic mass is 35.5. The van der Waals surface area contributed by atoms with E-state index in [1.165, 1.54) is 26.4 Å². The maximum Gasteiger partial charge on any atom is 0.298 e. The number of hydrogen-bond donors (Lipinski definition) is 1. The number of halogens is 3. The third-order valence-electron chi connectivity index (χ3n) is 4.92. The van der Waals surface area contributed by atoms with Crippen molar-refractivity contribution in [1.29, 1.82) is 0 Å². The minimum Gasteiger partial charge on any atom is -0.399 e. The van der Waals surface area contributed by atoms with Gasteiger partial charge in [0.25, 0.3) is 10.1 Å². The van der Waals surface area contributed by atoms with Gasteiger partial charge in [0, 0.05) is 12.4 Å². The minimum absolute atomic E-state index is 0.0390. The molecular formula is C22H35Cl3N2O6S. The normalized spacial score (nSPS) is 15.5. The second-order valence-electron chi connectivity index (χ2n) is 7.54. The third kappa shape index (κ3) is 12.0. The lowest BCUT2D eigenvalue weighted by molar-refractivity contribution is 0.116. The molecule has 0 saturated heterocycles. The molecule has 0 bridgehead atoms. The van der Waals surface area contributed by atoms with Crippen molar-refractivity contribution >= 4 is 57.4 Å². The smallest absolute Gasteiger partial charge is 0.298 e. The van der Waals surface area contributed by atoms with Crippen LogP contribution in [0.15, 0.2) is 27.3 Å². The summed E-state index contributed by atoms with van der Waals surface area (Å²) in [6, 6.07) is 2.46. The lowest BCUT2D eigenvalue weighted by Gasteiger charge is -2.21. The van der Waals surface area contributed by atoms with Crippen LogP contribution >= 0.6 is 34.8 Å². The van der Waals surface area contributed by atoms with Gasteiger partial charge in [-0.3, -0.25) is 4.18 Å².